The Kier molecular flexibility index (Phi) is 4.76. The molecule has 0 unspecified atom stereocenters. The van der Waals surface area contributed by atoms with Gasteiger partial charge in [-0.25, -0.2) is 18.4 Å². The number of nitrogens with zero attached hydrogens (tertiary/aromatic N) is 3. The van der Waals surface area contributed by atoms with E-state index in [9.17, 15) is 13.2 Å². The number of H-pyrrole nitrogens is 1. The molecule has 0 spiro atoms. The fourth-order valence-corrected chi connectivity index (χ4v) is 5.52. The Morgan fingerprint density at radius 1 is 1.54 bits per heavy atom. The summed E-state index contributed by atoms with van der Waals surface area (Å²) in [5.74, 6) is 0.0699. The van der Waals surface area contributed by atoms with E-state index in [4.69, 9.17) is 11.6 Å². The number of hydrogen-bond acceptors (Lipinski definition) is 6. The number of carbonyl (C=O) groups is 1. The van der Waals surface area contributed by atoms with Crippen molar-refractivity contribution in [2.75, 3.05) is 18.6 Å². The highest BCUT2D eigenvalue weighted by molar-refractivity contribution is 8.00. The van der Waals surface area contributed by atoms with Crippen LogP contribution in [-0.2, 0) is 14.6 Å². The molecule has 0 radical (unpaired) electrons. The summed E-state index contributed by atoms with van der Waals surface area (Å²) < 4.78 is 23.2. The molecule has 0 saturated carbocycles. The van der Waals surface area contributed by atoms with Crippen LogP contribution < -0.4 is 0 Å². The van der Waals surface area contributed by atoms with Gasteiger partial charge in [-0.1, -0.05) is 23.4 Å². The van der Waals surface area contributed by atoms with Gasteiger partial charge >= 0.3 is 0 Å². The van der Waals surface area contributed by atoms with Gasteiger partial charge in [-0.15, -0.1) is 0 Å². The first-order valence-corrected chi connectivity index (χ1v) is 10.5. The smallest absolute Gasteiger partial charge is 0.235 e. The molecular weight excluding hydrogens is 372 g/mol. The highest BCUT2D eigenvalue weighted by Crippen LogP contribution is 2.26. The van der Waals surface area contributed by atoms with E-state index >= 15 is 0 Å². The Bertz CT molecular complexity index is 883. The van der Waals surface area contributed by atoms with E-state index in [1.165, 1.54) is 18.0 Å². The van der Waals surface area contributed by atoms with Gasteiger partial charge in [-0.3, -0.25) is 4.79 Å². The first-order chi connectivity index (χ1) is 11.2. The second-order valence-electron chi connectivity index (χ2n) is 5.83. The highest BCUT2D eigenvalue weighted by atomic mass is 35.5. The molecule has 1 aliphatic heterocycles. The molecule has 0 aliphatic carbocycles. The van der Waals surface area contributed by atoms with Crippen LogP contribution in [-0.4, -0.2) is 64.0 Å². The zero-order valence-electron chi connectivity index (χ0n) is 13.2. The minimum absolute atomic E-state index is 0.0414. The summed E-state index contributed by atoms with van der Waals surface area (Å²) in [5.41, 5.74) is 1.25. The summed E-state index contributed by atoms with van der Waals surface area (Å²) in [7, 11) is -1.36. The lowest BCUT2D eigenvalue weighted by atomic mass is 10.2. The van der Waals surface area contributed by atoms with Gasteiger partial charge in [0, 0.05) is 19.3 Å². The lowest BCUT2D eigenvalue weighted by Crippen LogP contribution is -2.41. The molecule has 2 aromatic heterocycles. The van der Waals surface area contributed by atoms with E-state index in [1.807, 2.05) is 0 Å². The van der Waals surface area contributed by atoms with Gasteiger partial charge in [0.05, 0.1) is 27.3 Å². The molecular formula is C14H17ClN4O3S2. The number of fused-ring (bicyclic) bond motifs is 1. The van der Waals surface area contributed by atoms with Crippen molar-refractivity contribution in [3.63, 3.8) is 0 Å². The molecule has 1 amide bonds. The number of hydrogen-bond donors (Lipinski definition) is 1. The third kappa shape index (κ3) is 3.68. The Morgan fingerprint density at radius 3 is 2.96 bits per heavy atom. The van der Waals surface area contributed by atoms with Crippen LogP contribution in [0.25, 0.3) is 11.2 Å². The van der Waals surface area contributed by atoms with E-state index < -0.39 is 15.1 Å². The van der Waals surface area contributed by atoms with Gasteiger partial charge in [0.1, 0.15) is 0 Å². The van der Waals surface area contributed by atoms with E-state index in [2.05, 4.69) is 15.0 Å². The number of nitrogens with one attached hydrogen (secondary N) is 1. The fraction of sp³-hybridized carbons (Fsp3) is 0.500. The van der Waals surface area contributed by atoms with Crippen LogP contribution in [0.3, 0.4) is 0 Å². The van der Waals surface area contributed by atoms with Crippen molar-refractivity contribution in [3.05, 3.63) is 17.3 Å². The number of aromatic nitrogens is 3. The zero-order valence-corrected chi connectivity index (χ0v) is 15.6. The number of rotatable bonds is 4. The Hall–Kier alpha value is -1.32. The van der Waals surface area contributed by atoms with Gasteiger partial charge in [0.25, 0.3) is 0 Å². The van der Waals surface area contributed by atoms with Crippen molar-refractivity contribution in [1.82, 2.24) is 19.9 Å². The lowest BCUT2D eigenvalue weighted by Gasteiger charge is -2.25. The van der Waals surface area contributed by atoms with Crippen LogP contribution in [0, 0.1) is 0 Å². The predicted molar refractivity (Wildman–Crippen MR) is 94.0 cm³/mol. The van der Waals surface area contributed by atoms with Crippen molar-refractivity contribution in [2.45, 2.75) is 29.8 Å². The van der Waals surface area contributed by atoms with E-state index in [1.54, 1.807) is 24.9 Å². The van der Waals surface area contributed by atoms with E-state index in [0.29, 0.717) is 27.8 Å². The minimum Gasteiger partial charge on any atom is -0.341 e. The molecule has 3 rings (SSSR count). The molecule has 2 aromatic rings. The number of carbonyl (C=O) groups excluding carboxylic acids is 1. The van der Waals surface area contributed by atoms with Gasteiger partial charge in [-0.2, -0.15) is 0 Å². The van der Waals surface area contributed by atoms with Crippen LogP contribution in [0.15, 0.2) is 17.4 Å². The number of pyridine rings is 1. The van der Waals surface area contributed by atoms with E-state index in [0.717, 1.165) is 0 Å². The number of halogens is 1. The highest BCUT2D eigenvalue weighted by Gasteiger charge is 2.34. The molecule has 1 saturated heterocycles. The summed E-state index contributed by atoms with van der Waals surface area (Å²) in [6.45, 7) is 1.78. The molecule has 0 bridgehead atoms. The molecule has 2 atom stereocenters. The average Bonchev–Trinajstić information content (AvgIpc) is 3.07. The van der Waals surface area contributed by atoms with Crippen molar-refractivity contribution < 1.29 is 13.2 Å². The minimum atomic E-state index is -3.02. The summed E-state index contributed by atoms with van der Waals surface area (Å²) >= 11 is 7.17. The quantitative estimate of drug-likeness (QED) is 0.801. The normalized spacial score (nSPS) is 21.0. The van der Waals surface area contributed by atoms with Crippen molar-refractivity contribution in [2.24, 2.45) is 0 Å². The molecule has 24 heavy (non-hydrogen) atoms. The standard InChI is InChI=1S/C14H17ClN4O3S2/c1-8(13(20)19(2)10-3-4-24(21,22)7-10)23-14-17-11-5-9(15)6-16-12(11)18-14/h5-6,8,10H,3-4,7H2,1-2H3,(H,16,17,18)/t8-,10-/m0/s1. The van der Waals surface area contributed by atoms with Gasteiger partial charge < -0.3 is 9.88 Å². The molecule has 10 heteroatoms. The molecule has 3 heterocycles. The second-order valence-corrected chi connectivity index (χ2v) is 9.83. The van der Waals surface area contributed by atoms with Crippen molar-refractivity contribution in [1.29, 1.82) is 0 Å². The van der Waals surface area contributed by atoms with E-state index in [-0.39, 0.29) is 23.5 Å². The number of sulfone groups is 1. The van der Waals surface area contributed by atoms with Gasteiger partial charge in [0.15, 0.2) is 20.6 Å². The van der Waals surface area contributed by atoms with Crippen LogP contribution in [0.1, 0.15) is 13.3 Å². The van der Waals surface area contributed by atoms with Gasteiger partial charge in [-0.05, 0) is 19.4 Å². The summed E-state index contributed by atoms with van der Waals surface area (Å²) in [5, 5.41) is 0.691. The number of imidazole rings is 1. The molecule has 0 aromatic carbocycles. The number of amides is 1. The first kappa shape index (κ1) is 17.5. The molecule has 130 valence electrons. The monoisotopic (exact) mass is 388 g/mol. The topological polar surface area (TPSA) is 96.0 Å². The Morgan fingerprint density at radius 2 is 2.29 bits per heavy atom. The molecule has 1 aliphatic rings. The first-order valence-electron chi connectivity index (χ1n) is 7.40. The third-order valence-corrected chi connectivity index (χ3v) is 6.95. The van der Waals surface area contributed by atoms with Crippen molar-refractivity contribution >= 4 is 50.3 Å². The largest absolute Gasteiger partial charge is 0.341 e. The lowest BCUT2D eigenvalue weighted by molar-refractivity contribution is -0.130. The molecule has 7 nitrogen and oxygen atoms in total. The summed E-state index contributed by atoms with van der Waals surface area (Å²) in [6.07, 6.45) is 2.01. The second kappa shape index (κ2) is 6.53. The Labute approximate surface area is 149 Å². The maximum absolute atomic E-state index is 12.5. The maximum atomic E-state index is 12.5. The van der Waals surface area contributed by atoms with Crippen LogP contribution >= 0.6 is 23.4 Å². The fourth-order valence-electron chi connectivity index (χ4n) is 2.67. The van der Waals surface area contributed by atoms with Crippen LogP contribution in [0.4, 0.5) is 0 Å². The average molecular weight is 389 g/mol. The van der Waals surface area contributed by atoms with Crippen LogP contribution in [0.5, 0.6) is 0 Å². The summed E-state index contributed by atoms with van der Waals surface area (Å²) in [6, 6.07) is 1.48. The van der Waals surface area contributed by atoms with Gasteiger partial charge in [0.2, 0.25) is 5.91 Å². The molecule has 1 fully saturated rings. The predicted octanol–water partition coefficient (Wildman–Crippen LogP) is 1.74. The SMILES string of the molecule is C[C@H](Sc1nc2ncc(Cl)cc2[nH]1)C(=O)N(C)[C@H]1CCS(=O)(=O)C1. The number of aromatic amines is 1. The maximum Gasteiger partial charge on any atom is 0.235 e. The number of thioether (sulfide) groups is 1. The molecule has 1 N–H and O–H groups in total. The summed E-state index contributed by atoms with van der Waals surface area (Å²) in [4.78, 5) is 25.6. The van der Waals surface area contributed by atoms with Crippen molar-refractivity contribution in [3.8, 4) is 0 Å². The Balaban J connectivity index is 1.68. The zero-order chi connectivity index (χ0) is 17.5. The third-order valence-electron chi connectivity index (χ3n) is 4.02. The van der Waals surface area contributed by atoms with Crippen LogP contribution in [0.2, 0.25) is 5.02 Å².